The summed E-state index contributed by atoms with van der Waals surface area (Å²) in [6.07, 6.45) is 1.97. The highest BCUT2D eigenvalue weighted by molar-refractivity contribution is 5.94. The van der Waals surface area contributed by atoms with Crippen molar-refractivity contribution in [2.45, 2.75) is 40.2 Å². The second-order valence-electron chi connectivity index (χ2n) is 9.36. The molecule has 1 N–H and O–H groups in total. The average Bonchev–Trinajstić information content (AvgIpc) is 2.93. The van der Waals surface area contributed by atoms with Crippen LogP contribution in [0.25, 0.3) is 11.1 Å². The number of nitrogens with one attached hydrogen (secondary N) is 1. The number of benzene rings is 3. The lowest BCUT2D eigenvalue weighted by atomic mass is 9.97. The van der Waals surface area contributed by atoms with Crippen LogP contribution in [-0.4, -0.2) is 50.1 Å². The van der Waals surface area contributed by atoms with E-state index in [9.17, 15) is 4.79 Å². The summed E-state index contributed by atoms with van der Waals surface area (Å²) in [5.74, 6) is 0.928. The summed E-state index contributed by atoms with van der Waals surface area (Å²) < 4.78 is 5.69. The van der Waals surface area contributed by atoms with Crippen LogP contribution in [0.5, 0.6) is 5.75 Å². The summed E-state index contributed by atoms with van der Waals surface area (Å²) in [4.78, 5) is 17.1. The van der Waals surface area contributed by atoms with Crippen LogP contribution in [0, 0.1) is 0 Å². The first kappa shape index (κ1) is 25.8. The van der Waals surface area contributed by atoms with Crippen molar-refractivity contribution in [2.24, 2.45) is 0 Å². The molecule has 1 aliphatic heterocycles. The Hall–Kier alpha value is -3.31. The summed E-state index contributed by atoms with van der Waals surface area (Å²) >= 11 is 0. The molecule has 0 aromatic heterocycles. The number of carbonyl (C=O) groups excluding carboxylic acids is 1. The quantitative estimate of drug-likeness (QED) is 0.396. The standard InChI is InChI=1S/C31H39N3O2/c1-4-16-32-31(35)25-12-14-29(15-13-25)34-19-17-33(18-20-34)23-28-11-10-27(21-24(28)5-2)26-8-7-9-30(22-26)36-6-3/h7-15,21-22H,4-6,16-20,23H2,1-3H3,(H,32,35). The number of aryl methyl sites for hydroxylation is 1. The van der Waals surface area contributed by atoms with Gasteiger partial charge in [-0.1, -0.05) is 44.2 Å². The van der Waals surface area contributed by atoms with Gasteiger partial charge in [-0.15, -0.1) is 0 Å². The van der Waals surface area contributed by atoms with E-state index in [1.165, 1.54) is 27.9 Å². The maximum Gasteiger partial charge on any atom is 0.251 e. The Morgan fingerprint density at radius 1 is 0.861 bits per heavy atom. The largest absolute Gasteiger partial charge is 0.494 e. The minimum absolute atomic E-state index is 0.00737. The zero-order valence-corrected chi connectivity index (χ0v) is 21.9. The zero-order valence-electron chi connectivity index (χ0n) is 21.9. The van der Waals surface area contributed by atoms with Gasteiger partial charge < -0.3 is 15.0 Å². The molecule has 5 heteroatoms. The second kappa shape index (κ2) is 12.6. The maximum absolute atomic E-state index is 12.2. The van der Waals surface area contributed by atoms with Gasteiger partial charge in [-0.2, -0.15) is 0 Å². The molecule has 0 radical (unpaired) electrons. The van der Waals surface area contributed by atoms with Crippen molar-refractivity contribution in [1.82, 2.24) is 10.2 Å². The second-order valence-corrected chi connectivity index (χ2v) is 9.36. The van der Waals surface area contributed by atoms with Crippen molar-refractivity contribution in [3.05, 3.63) is 83.4 Å². The van der Waals surface area contributed by atoms with Gasteiger partial charge in [0.1, 0.15) is 5.75 Å². The fourth-order valence-electron chi connectivity index (χ4n) is 4.79. The van der Waals surface area contributed by atoms with Crippen molar-refractivity contribution >= 4 is 11.6 Å². The van der Waals surface area contributed by atoms with Crippen molar-refractivity contribution < 1.29 is 9.53 Å². The van der Waals surface area contributed by atoms with E-state index in [1.807, 2.05) is 25.1 Å². The Bertz CT molecular complexity index is 1130. The molecule has 0 atom stereocenters. The van der Waals surface area contributed by atoms with E-state index in [-0.39, 0.29) is 5.91 Å². The third kappa shape index (κ3) is 6.46. The van der Waals surface area contributed by atoms with Crippen LogP contribution in [0.1, 0.15) is 48.7 Å². The highest BCUT2D eigenvalue weighted by atomic mass is 16.5. The van der Waals surface area contributed by atoms with Crippen LogP contribution in [0.3, 0.4) is 0 Å². The minimum atomic E-state index is 0.00737. The third-order valence-corrected chi connectivity index (χ3v) is 6.86. The number of amides is 1. The Morgan fingerprint density at radius 2 is 1.61 bits per heavy atom. The van der Waals surface area contributed by atoms with Gasteiger partial charge in [0.05, 0.1) is 6.61 Å². The zero-order chi connectivity index (χ0) is 25.3. The van der Waals surface area contributed by atoms with Crippen LogP contribution in [-0.2, 0) is 13.0 Å². The molecule has 1 fully saturated rings. The van der Waals surface area contributed by atoms with Gasteiger partial charge >= 0.3 is 0 Å². The molecule has 3 aromatic carbocycles. The monoisotopic (exact) mass is 485 g/mol. The molecule has 0 bridgehead atoms. The topological polar surface area (TPSA) is 44.8 Å². The first-order chi connectivity index (χ1) is 17.6. The normalized spacial score (nSPS) is 14.0. The van der Waals surface area contributed by atoms with Gasteiger partial charge in [-0.25, -0.2) is 0 Å². The molecule has 0 saturated carbocycles. The van der Waals surface area contributed by atoms with E-state index in [1.54, 1.807) is 0 Å². The molecule has 0 aliphatic carbocycles. The summed E-state index contributed by atoms with van der Waals surface area (Å²) in [6.45, 7) is 12.7. The van der Waals surface area contributed by atoms with Crippen LogP contribution in [0.2, 0.25) is 0 Å². The Labute approximate surface area is 216 Å². The smallest absolute Gasteiger partial charge is 0.251 e. The molecule has 1 aliphatic rings. The van der Waals surface area contributed by atoms with E-state index in [4.69, 9.17) is 4.74 Å². The lowest BCUT2D eigenvalue weighted by Gasteiger charge is -2.36. The molecule has 190 valence electrons. The van der Waals surface area contributed by atoms with E-state index < -0.39 is 0 Å². The molecular formula is C31H39N3O2. The van der Waals surface area contributed by atoms with Gasteiger partial charge in [0.15, 0.2) is 0 Å². The highest BCUT2D eigenvalue weighted by Gasteiger charge is 2.19. The van der Waals surface area contributed by atoms with Crippen molar-refractivity contribution in [3.8, 4) is 16.9 Å². The highest BCUT2D eigenvalue weighted by Crippen LogP contribution is 2.27. The maximum atomic E-state index is 12.2. The predicted molar refractivity (Wildman–Crippen MR) is 149 cm³/mol. The number of ether oxygens (including phenoxy) is 1. The van der Waals surface area contributed by atoms with Crippen LogP contribution >= 0.6 is 0 Å². The van der Waals surface area contributed by atoms with Crippen molar-refractivity contribution in [1.29, 1.82) is 0 Å². The Balaban J connectivity index is 1.35. The first-order valence-electron chi connectivity index (χ1n) is 13.3. The lowest BCUT2D eigenvalue weighted by molar-refractivity contribution is 0.0953. The Morgan fingerprint density at radius 3 is 2.31 bits per heavy atom. The molecule has 3 aromatic rings. The van der Waals surface area contributed by atoms with E-state index in [0.29, 0.717) is 13.2 Å². The fraction of sp³-hybridized carbons (Fsp3) is 0.387. The number of nitrogens with zero attached hydrogens (tertiary/aromatic N) is 2. The summed E-state index contributed by atoms with van der Waals surface area (Å²) in [5.41, 5.74) is 7.19. The van der Waals surface area contributed by atoms with E-state index in [2.05, 4.69) is 77.5 Å². The average molecular weight is 486 g/mol. The SMILES string of the molecule is CCCNC(=O)c1ccc(N2CCN(Cc3ccc(-c4cccc(OCC)c4)cc3CC)CC2)cc1. The van der Waals surface area contributed by atoms with Gasteiger partial charge in [-0.3, -0.25) is 9.69 Å². The van der Waals surface area contributed by atoms with Gasteiger partial charge in [-0.05, 0) is 78.4 Å². The molecule has 0 spiro atoms. The molecule has 0 unspecified atom stereocenters. The summed E-state index contributed by atoms with van der Waals surface area (Å²) in [5, 5.41) is 2.94. The number of carbonyl (C=O) groups is 1. The van der Waals surface area contributed by atoms with E-state index >= 15 is 0 Å². The minimum Gasteiger partial charge on any atom is -0.494 e. The fourth-order valence-corrected chi connectivity index (χ4v) is 4.79. The lowest BCUT2D eigenvalue weighted by Crippen LogP contribution is -2.46. The van der Waals surface area contributed by atoms with Crippen molar-refractivity contribution in [3.63, 3.8) is 0 Å². The number of anilines is 1. The predicted octanol–water partition coefficient (Wildman–Crippen LogP) is 5.78. The summed E-state index contributed by atoms with van der Waals surface area (Å²) in [7, 11) is 0. The van der Waals surface area contributed by atoms with Gasteiger partial charge in [0, 0.05) is 50.5 Å². The molecule has 4 rings (SSSR count). The number of rotatable bonds is 10. The molecule has 1 amide bonds. The number of piperazine rings is 1. The molecule has 1 saturated heterocycles. The number of hydrogen-bond acceptors (Lipinski definition) is 4. The molecule has 36 heavy (non-hydrogen) atoms. The summed E-state index contributed by atoms with van der Waals surface area (Å²) in [6, 6.07) is 23.3. The third-order valence-electron chi connectivity index (χ3n) is 6.86. The number of hydrogen-bond donors (Lipinski definition) is 1. The molecular weight excluding hydrogens is 446 g/mol. The molecule has 1 heterocycles. The van der Waals surface area contributed by atoms with Crippen molar-refractivity contribution in [2.75, 3.05) is 44.2 Å². The molecule has 5 nitrogen and oxygen atoms in total. The van der Waals surface area contributed by atoms with Crippen LogP contribution in [0.15, 0.2) is 66.7 Å². The first-order valence-corrected chi connectivity index (χ1v) is 13.3. The van der Waals surface area contributed by atoms with Gasteiger partial charge in [0.25, 0.3) is 5.91 Å². The van der Waals surface area contributed by atoms with Gasteiger partial charge in [0.2, 0.25) is 0 Å². The Kier molecular flexibility index (Phi) is 9.01. The van der Waals surface area contributed by atoms with E-state index in [0.717, 1.165) is 56.9 Å². The van der Waals surface area contributed by atoms with Crippen LogP contribution < -0.4 is 15.0 Å². The van der Waals surface area contributed by atoms with Crippen LogP contribution in [0.4, 0.5) is 5.69 Å².